The summed E-state index contributed by atoms with van der Waals surface area (Å²) in [5.41, 5.74) is 5.61. The molecule has 0 aromatic heterocycles. The van der Waals surface area contributed by atoms with E-state index in [9.17, 15) is 0 Å². The average Bonchev–Trinajstić information content (AvgIpc) is 2.72. The second kappa shape index (κ2) is 12.6. The van der Waals surface area contributed by atoms with Crippen LogP contribution in [0.2, 0.25) is 0 Å². The summed E-state index contributed by atoms with van der Waals surface area (Å²) in [5, 5.41) is 0. The molecular weight excluding hydrogens is 630 g/mol. The zero-order chi connectivity index (χ0) is 25.7. The minimum Gasteiger partial charge on any atom is -0.360 e. The molecule has 0 aliphatic heterocycles. The summed E-state index contributed by atoms with van der Waals surface area (Å²) in [7, 11) is 4.44. The van der Waals surface area contributed by atoms with Gasteiger partial charge in [-0.15, -0.1) is 12.3 Å². The van der Waals surface area contributed by atoms with Gasteiger partial charge in [-0.1, -0.05) is 95.8 Å². The van der Waals surface area contributed by atoms with Crippen molar-refractivity contribution in [3.63, 3.8) is 0 Å². The van der Waals surface area contributed by atoms with Crippen molar-refractivity contribution < 1.29 is 0 Å². The molecule has 3 unspecified atom stereocenters. The number of anilines is 1. The normalized spacial score (nSPS) is 16.0. The topological polar surface area (TPSA) is 6.48 Å². The molecule has 0 aliphatic carbocycles. The van der Waals surface area contributed by atoms with Crippen molar-refractivity contribution in [2.75, 3.05) is 19.0 Å². The standard InChI is InChI=1S/C29H46I2N2/c1-13-21(5)26(32(11)28(7,8)30)23(14-2)19-18-22(6)25-17-15-16-24(20(3)4)27(25)33(12)29(9,10)31/h2,13,15-17,20,22-23,26H,18-19H2,1,3-12H3/b21-13-. The van der Waals surface area contributed by atoms with Crippen LogP contribution in [0.5, 0.6) is 0 Å². The minimum atomic E-state index is 0.0285. The summed E-state index contributed by atoms with van der Waals surface area (Å²) in [6.07, 6.45) is 10.5. The SMILES string of the molecule is C#CC(CCC(C)c1cccc(C(C)C)c1N(C)C(C)(C)I)C(/C(C)=C\C)N(C)C(C)(C)I. The largest absolute Gasteiger partial charge is 0.360 e. The van der Waals surface area contributed by atoms with Crippen molar-refractivity contribution in [3.8, 4) is 12.3 Å². The average molecular weight is 677 g/mol. The summed E-state index contributed by atoms with van der Waals surface area (Å²) in [4.78, 5) is 4.89. The first-order valence-corrected chi connectivity index (χ1v) is 14.3. The van der Waals surface area contributed by atoms with Gasteiger partial charge in [-0.3, -0.25) is 4.90 Å². The third-order valence-electron chi connectivity index (χ3n) is 7.07. The molecule has 0 saturated carbocycles. The van der Waals surface area contributed by atoms with Gasteiger partial charge in [-0.05, 0) is 84.4 Å². The van der Waals surface area contributed by atoms with E-state index in [1.54, 1.807) is 0 Å². The number of para-hydroxylation sites is 1. The number of halogens is 2. The fourth-order valence-corrected chi connectivity index (χ4v) is 4.95. The van der Waals surface area contributed by atoms with Crippen molar-refractivity contribution in [1.29, 1.82) is 0 Å². The van der Waals surface area contributed by atoms with E-state index < -0.39 is 0 Å². The van der Waals surface area contributed by atoms with Gasteiger partial charge in [-0.2, -0.15) is 0 Å². The molecule has 33 heavy (non-hydrogen) atoms. The van der Waals surface area contributed by atoms with Crippen molar-refractivity contribution in [1.82, 2.24) is 4.90 Å². The van der Waals surface area contributed by atoms with Crippen LogP contribution in [0.1, 0.15) is 98.1 Å². The summed E-state index contributed by atoms with van der Waals surface area (Å²) in [6.45, 7) is 20.4. The number of allylic oxidation sites excluding steroid dienone is 1. The fraction of sp³-hybridized carbons (Fsp3) is 0.655. The summed E-state index contributed by atoms with van der Waals surface area (Å²) in [5.74, 6) is 4.26. The maximum Gasteiger partial charge on any atom is 0.0858 e. The van der Waals surface area contributed by atoms with E-state index in [1.165, 1.54) is 22.4 Å². The molecule has 0 radical (unpaired) electrons. The summed E-state index contributed by atoms with van der Waals surface area (Å²) >= 11 is 5.07. The van der Waals surface area contributed by atoms with Gasteiger partial charge >= 0.3 is 0 Å². The van der Waals surface area contributed by atoms with E-state index in [0.29, 0.717) is 11.8 Å². The van der Waals surface area contributed by atoms with Crippen LogP contribution in [-0.4, -0.2) is 32.1 Å². The van der Waals surface area contributed by atoms with Crippen LogP contribution in [0.15, 0.2) is 29.8 Å². The van der Waals surface area contributed by atoms with E-state index >= 15 is 0 Å². The summed E-state index contributed by atoms with van der Waals surface area (Å²) < 4.78 is 0.0576. The van der Waals surface area contributed by atoms with Gasteiger partial charge in [0.15, 0.2) is 0 Å². The number of nitrogens with zero attached hydrogens (tertiary/aromatic N) is 2. The fourth-order valence-electron chi connectivity index (χ4n) is 4.41. The number of rotatable bonds is 11. The molecule has 0 fully saturated rings. The van der Waals surface area contributed by atoms with Gasteiger partial charge in [0.2, 0.25) is 0 Å². The molecule has 0 aliphatic rings. The Morgan fingerprint density at radius 3 is 2.00 bits per heavy atom. The van der Waals surface area contributed by atoms with Crippen LogP contribution >= 0.6 is 45.2 Å². The number of likely N-dealkylation sites (N-methyl/N-ethyl adjacent to an activating group) is 1. The zero-order valence-electron chi connectivity index (χ0n) is 22.8. The molecule has 2 nitrogen and oxygen atoms in total. The van der Waals surface area contributed by atoms with Crippen LogP contribution in [0.25, 0.3) is 0 Å². The molecule has 4 heteroatoms. The molecule has 0 saturated heterocycles. The van der Waals surface area contributed by atoms with Gasteiger partial charge in [0.25, 0.3) is 0 Å². The lowest BCUT2D eigenvalue weighted by atomic mass is 9.83. The molecular formula is C29H46I2N2. The molecule has 0 spiro atoms. The third kappa shape index (κ3) is 8.14. The van der Waals surface area contributed by atoms with Crippen molar-refractivity contribution >= 4 is 50.9 Å². The Morgan fingerprint density at radius 2 is 1.58 bits per heavy atom. The van der Waals surface area contributed by atoms with Crippen LogP contribution in [0, 0.1) is 18.3 Å². The Bertz CT molecular complexity index is 837. The minimum absolute atomic E-state index is 0.0285. The van der Waals surface area contributed by atoms with E-state index in [0.717, 1.165) is 12.8 Å². The summed E-state index contributed by atoms with van der Waals surface area (Å²) in [6, 6.07) is 7.10. The Morgan fingerprint density at radius 1 is 1.03 bits per heavy atom. The maximum absolute atomic E-state index is 6.16. The predicted molar refractivity (Wildman–Crippen MR) is 166 cm³/mol. The Hall–Kier alpha value is -0.260. The lowest BCUT2D eigenvalue weighted by Gasteiger charge is -2.41. The first kappa shape index (κ1) is 30.8. The first-order chi connectivity index (χ1) is 15.1. The number of hydrogen-bond donors (Lipinski definition) is 0. The number of alkyl halides is 2. The number of terminal acetylenes is 1. The van der Waals surface area contributed by atoms with E-state index in [1.807, 2.05) is 0 Å². The van der Waals surface area contributed by atoms with Crippen molar-refractivity contribution in [2.45, 2.75) is 100 Å². The lowest BCUT2D eigenvalue weighted by molar-refractivity contribution is 0.170. The second-order valence-corrected chi connectivity index (χ2v) is 15.9. The van der Waals surface area contributed by atoms with Crippen LogP contribution in [0.4, 0.5) is 5.69 Å². The zero-order valence-corrected chi connectivity index (χ0v) is 27.1. The molecule has 1 aromatic rings. The van der Waals surface area contributed by atoms with Crippen LogP contribution < -0.4 is 4.90 Å². The Labute approximate surface area is 232 Å². The van der Waals surface area contributed by atoms with E-state index in [-0.39, 0.29) is 19.1 Å². The van der Waals surface area contributed by atoms with Gasteiger partial charge < -0.3 is 4.90 Å². The second-order valence-electron chi connectivity index (χ2n) is 10.7. The quantitative estimate of drug-likeness (QED) is 0.0760. The van der Waals surface area contributed by atoms with Gasteiger partial charge in [0.05, 0.1) is 7.09 Å². The smallest absolute Gasteiger partial charge is 0.0858 e. The molecule has 0 amide bonds. The highest BCUT2D eigenvalue weighted by molar-refractivity contribution is 14.1. The molecule has 0 N–H and O–H groups in total. The highest BCUT2D eigenvalue weighted by Gasteiger charge is 2.33. The molecule has 1 rings (SSSR count). The molecule has 186 valence electrons. The predicted octanol–water partition coefficient (Wildman–Crippen LogP) is 8.99. The van der Waals surface area contributed by atoms with E-state index in [4.69, 9.17) is 6.42 Å². The van der Waals surface area contributed by atoms with Gasteiger partial charge in [0, 0.05) is 24.7 Å². The van der Waals surface area contributed by atoms with Gasteiger partial charge in [-0.25, -0.2) is 0 Å². The molecule has 3 atom stereocenters. The Kier molecular flexibility index (Phi) is 11.8. The van der Waals surface area contributed by atoms with Crippen LogP contribution in [0.3, 0.4) is 0 Å². The number of benzene rings is 1. The monoisotopic (exact) mass is 676 g/mol. The highest BCUT2D eigenvalue weighted by atomic mass is 127. The van der Waals surface area contributed by atoms with Gasteiger partial charge in [0.1, 0.15) is 0 Å². The van der Waals surface area contributed by atoms with Crippen molar-refractivity contribution in [2.24, 2.45) is 5.92 Å². The Balaban J connectivity index is 3.31. The highest BCUT2D eigenvalue weighted by Crippen LogP contribution is 2.41. The van der Waals surface area contributed by atoms with Crippen LogP contribution in [-0.2, 0) is 0 Å². The van der Waals surface area contributed by atoms with Crippen molar-refractivity contribution in [3.05, 3.63) is 41.0 Å². The third-order valence-corrected chi connectivity index (χ3v) is 8.55. The molecule has 0 bridgehead atoms. The lowest BCUT2D eigenvalue weighted by Crippen LogP contribution is -2.47. The molecule has 0 heterocycles. The first-order valence-electron chi connectivity index (χ1n) is 12.1. The number of hydrogen-bond acceptors (Lipinski definition) is 2. The molecule has 1 aromatic carbocycles. The van der Waals surface area contributed by atoms with E-state index in [2.05, 4.69) is 162 Å². The maximum atomic E-state index is 6.16.